The van der Waals surface area contributed by atoms with Crippen molar-refractivity contribution in [2.45, 2.75) is 19.0 Å². The van der Waals surface area contributed by atoms with Gasteiger partial charge in [0.2, 0.25) is 5.91 Å². The van der Waals surface area contributed by atoms with Crippen molar-refractivity contribution in [3.63, 3.8) is 0 Å². The maximum atomic E-state index is 12.8. The second-order valence-electron chi connectivity index (χ2n) is 7.13. The van der Waals surface area contributed by atoms with E-state index in [0.717, 1.165) is 28.2 Å². The van der Waals surface area contributed by atoms with Crippen molar-refractivity contribution in [3.05, 3.63) is 41.0 Å². The van der Waals surface area contributed by atoms with Gasteiger partial charge in [-0.15, -0.1) is 0 Å². The zero-order valence-corrected chi connectivity index (χ0v) is 17.9. The lowest BCUT2D eigenvalue weighted by atomic mass is 9.96. The van der Waals surface area contributed by atoms with E-state index in [4.69, 9.17) is 16.3 Å². The SMILES string of the molecule is COc1ccc2nc(NC(=O)C3CCN(c4ncc(C(F)(F)F)cc4Cl)CC3)sc2c1. The van der Waals surface area contributed by atoms with Crippen molar-refractivity contribution in [2.24, 2.45) is 5.92 Å². The monoisotopic (exact) mass is 470 g/mol. The maximum absolute atomic E-state index is 12.8. The second-order valence-corrected chi connectivity index (χ2v) is 8.57. The summed E-state index contributed by atoms with van der Waals surface area (Å²) in [6.07, 6.45) is -2.65. The number of fused-ring (bicyclic) bond motifs is 1. The molecule has 1 N–H and O–H groups in total. The van der Waals surface area contributed by atoms with E-state index in [1.54, 1.807) is 12.0 Å². The third-order valence-corrected chi connectivity index (χ3v) is 6.35. The van der Waals surface area contributed by atoms with Crippen molar-refractivity contribution in [1.82, 2.24) is 9.97 Å². The lowest BCUT2D eigenvalue weighted by Crippen LogP contribution is -2.38. The number of rotatable bonds is 4. The van der Waals surface area contributed by atoms with Crippen LogP contribution in [0.3, 0.4) is 0 Å². The summed E-state index contributed by atoms with van der Waals surface area (Å²) >= 11 is 7.40. The number of benzene rings is 1. The standard InChI is InChI=1S/C20H18ClF3N4O2S/c1-30-13-2-3-15-16(9-13)31-19(26-15)27-18(29)11-4-6-28(7-5-11)17-14(21)8-12(10-25-17)20(22,23)24/h2-3,8-11H,4-7H2,1H3,(H,26,27,29). The molecule has 1 amide bonds. The quantitative estimate of drug-likeness (QED) is 0.565. The van der Waals surface area contributed by atoms with Crippen LogP contribution in [-0.4, -0.2) is 36.1 Å². The van der Waals surface area contributed by atoms with Crippen LogP contribution in [0.1, 0.15) is 18.4 Å². The molecule has 3 aromatic rings. The number of aromatic nitrogens is 2. The van der Waals surface area contributed by atoms with Gasteiger partial charge in [0.1, 0.15) is 11.6 Å². The number of thiazole rings is 1. The molecule has 0 bridgehead atoms. The smallest absolute Gasteiger partial charge is 0.417 e. The number of halogens is 4. The third-order valence-electron chi connectivity index (χ3n) is 5.14. The van der Waals surface area contributed by atoms with Crippen LogP contribution in [0, 0.1) is 5.92 Å². The molecular weight excluding hydrogens is 453 g/mol. The summed E-state index contributed by atoms with van der Waals surface area (Å²) in [5.74, 6) is 0.661. The van der Waals surface area contributed by atoms with Gasteiger partial charge in [0, 0.05) is 25.2 Å². The molecule has 0 unspecified atom stereocenters. The molecule has 3 heterocycles. The lowest BCUT2D eigenvalue weighted by Gasteiger charge is -2.32. The highest BCUT2D eigenvalue weighted by molar-refractivity contribution is 7.22. The fourth-order valence-corrected chi connectivity index (χ4v) is 4.65. The number of piperidine rings is 1. The first-order valence-electron chi connectivity index (χ1n) is 9.47. The van der Waals surface area contributed by atoms with Crippen molar-refractivity contribution in [1.29, 1.82) is 0 Å². The number of hydrogen-bond donors (Lipinski definition) is 1. The van der Waals surface area contributed by atoms with Gasteiger partial charge in [-0.25, -0.2) is 9.97 Å². The molecule has 1 fully saturated rings. The minimum atomic E-state index is -4.49. The van der Waals surface area contributed by atoms with Gasteiger partial charge in [-0.3, -0.25) is 4.79 Å². The van der Waals surface area contributed by atoms with E-state index in [-0.39, 0.29) is 16.8 Å². The molecule has 164 valence electrons. The number of carbonyl (C=O) groups excluding carboxylic acids is 1. The van der Waals surface area contributed by atoms with Crippen LogP contribution in [0.2, 0.25) is 5.02 Å². The average molecular weight is 471 g/mol. The zero-order valence-electron chi connectivity index (χ0n) is 16.4. The summed E-state index contributed by atoms with van der Waals surface area (Å²) in [4.78, 5) is 22.8. The maximum Gasteiger partial charge on any atom is 0.417 e. The Kier molecular flexibility index (Phi) is 5.94. The molecule has 0 spiro atoms. The number of nitrogens with zero attached hydrogens (tertiary/aromatic N) is 3. The highest BCUT2D eigenvalue weighted by atomic mass is 35.5. The number of alkyl halides is 3. The highest BCUT2D eigenvalue weighted by Gasteiger charge is 2.33. The second kappa shape index (κ2) is 8.51. The van der Waals surface area contributed by atoms with E-state index in [1.807, 2.05) is 18.2 Å². The number of methoxy groups -OCH3 is 1. The Morgan fingerprint density at radius 3 is 2.68 bits per heavy atom. The number of amides is 1. The van der Waals surface area contributed by atoms with Crippen LogP contribution in [0.4, 0.5) is 24.1 Å². The predicted molar refractivity (Wildman–Crippen MR) is 114 cm³/mol. The molecule has 1 aromatic carbocycles. The van der Waals surface area contributed by atoms with Crippen LogP contribution in [0.15, 0.2) is 30.5 Å². The van der Waals surface area contributed by atoms with Crippen LogP contribution in [0.5, 0.6) is 5.75 Å². The number of anilines is 2. The fraction of sp³-hybridized carbons (Fsp3) is 0.350. The Hall–Kier alpha value is -2.59. The van der Waals surface area contributed by atoms with Crippen LogP contribution < -0.4 is 15.0 Å². The Labute approximate surface area is 185 Å². The van der Waals surface area contributed by atoms with Gasteiger partial charge < -0.3 is 15.0 Å². The zero-order chi connectivity index (χ0) is 22.2. The first-order valence-corrected chi connectivity index (χ1v) is 10.7. The van der Waals surface area contributed by atoms with Crippen molar-refractivity contribution >= 4 is 50.0 Å². The fourth-order valence-electron chi connectivity index (χ4n) is 3.46. The molecule has 1 aliphatic rings. The Bertz CT molecular complexity index is 1110. The largest absolute Gasteiger partial charge is 0.497 e. The van der Waals surface area contributed by atoms with Crippen LogP contribution in [-0.2, 0) is 11.0 Å². The van der Waals surface area contributed by atoms with Crippen LogP contribution >= 0.6 is 22.9 Å². The molecule has 0 atom stereocenters. The summed E-state index contributed by atoms with van der Waals surface area (Å²) in [7, 11) is 1.59. The average Bonchev–Trinajstić information content (AvgIpc) is 3.14. The molecule has 6 nitrogen and oxygen atoms in total. The number of nitrogens with one attached hydrogen (secondary N) is 1. The first kappa shape index (κ1) is 21.6. The van der Waals surface area contributed by atoms with Gasteiger partial charge in [-0.1, -0.05) is 22.9 Å². The molecule has 0 radical (unpaired) electrons. The van der Waals surface area contributed by atoms with Gasteiger partial charge in [0.25, 0.3) is 0 Å². The molecular formula is C20H18ClF3N4O2S. The number of ether oxygens (including phenoxy) is 1. The van der Waals surface area contributed by atoms with Crippen molar-refractivity contribution < 1.29 is 22.7 Å². The van der Waals surface area contributed by atoms with Crippen LogP contribution in [0.25, 0.3) is 10.2 Å². The minimum absolute atomic E-state index is 0.0531. The first-order chi connectivity index (χ1) is 14.7. The number of pyridine rings is 1. The van der Waals surface area contributed by atoms with Gasteiger partial charge >= 0.3 is 6.18 Å². The summed E-state index contributed by atoms with van der Waals surface area (Å²) in [5, 5.41) is 3.33. The van der Waals surface area contributed by atoms with Gasteiger partial charge in [0.05, 0.1) is 27.9 Å². The molecule has 2 aromatic heterocycles. The number of hydrogen-bond acceptors (Lipinski definition) is 6. The Morgan fingerprint density at radius 2 is 2.03 bits per heavy atom. The van der Waals surface area contributed by atoms with Gasteiger partial charge in [0.15, 0.2) is 5.13 Å². The Balaban J connectivity index is 1.38. The summed E-state index contributed by atoms with van der Waals surface area (Å²) in [6, 6.07) is 6.39. The normalized spacial score (nSPS) is 15.3. The molecule has 4 rings (SSSR count). The van der Waals surface area contributed by atoms with E-state index in [9.17, 15) is 18.0 Å². The van der Waals surface area contributed by atoms with E-state index in [1.165, 1.54) is 11.3 Å². The van der Waals surface area contributed by atoms with Crippen molar-refractivity contribution in [2.75, 3.05) is 30.4 Å². The van der Waals surface area contributed by atoms with Crippen molar-refractivity contribution in [3.8, 4) is 5.75 Å². The Morgan fingerprint density at radius 1 is 1.29 bits per heavy atom. The summed E-state index contributed by atoms with van der Waals surface area (Å²) in [5.41, 5.74) is -0.108. The molecule has 1 saturated heterocycles. The van der Waals surface area contributed by atoms with E-state index in [2.05, 4.69) is 15.3 Å². The predicted octanol–water partition coefficient (Wildman–Crippen LogP) is 5.23. The summed E-state index contributed by atoms with van der Waals surface area (Å²) < 4.78 is 44.5. The van der Waals surface area contributed by atoms with E-state index >= 15 is 0 Å². The lowest BCUT2D eigenvalue weighted by molar-refractivity contribution is -0.137. The molecule has 0 saturated carbocycles. The molecule has 11 heteroatoms. The van der Waals surface area contributed by atoms with E-state index in [0.29, 0.717) is 36.9 Å². The third kappa shape index (κ3) is 4.69. The molecule has 31 heavy (non-hydrogen) atoms. The minimum Gasteiger partial charge on any atom is -0.497 e. The number of carbonyl (C=O) groups is 1. The van der Waals surface area contributed by atoms with Gasteiger partial charge in [-0.2, -0.15) is 13.2 Å². The molecule has 0 aliphatic carbocycles. The molecule has 1 aliphatic heterocycles. The van der Waals surface area contributed by atoms with Gasteiger partial charge in [-0.05, 0) is 37.1 Å². The highest BCUT2D eigenvalue weighted by Crippen LogP contribution is 2.35. The topological polar surface area (TPSA) is 67.3 Å². The summed E-state index contributed by atoms with van der Waals surface area (Å²) in [6.45, 7) is 0.931. The van der Waals surface area contributed by atoms with E-state index < -0.39 is 11.7 Å².